The lowest BCUT2D eigenvalue weighted by atomic mass is 10.1. The number of hydrogen-bond acceptors (Lipinski definition) is 3. The first-order valence-corrected chi connectivity index (χ1v) is 10.3. The average molecular weight is 416 g/mol. The summed E-state index contributed by atoms with van der Waals surface area (Å²) in [5, 5.41) is 14.8. The number of nitrogens with one attached hydrogen (secondary N) is 1. The Morgan fingerprint density at radius 3 is 1.72 bits per heavy atom. The number of carboxylic acid groups (broad SMARTS) is 1. The Balaban J connectivity index is 1.41. The molecule has 154 valence electrons. The zero-order chi connectivity index (χ0) is 21.9. The summed E-state index contributed by atoms with van der Waals surface area (Å²) in [5.41, 5.74) is 6.26. The average Bonchev–Trinajstić information content (AvgIpc) is 2.83. The number of aromatic carboxylic acids is 1. The topological polar surface area (TPSA) is 62.2 Å². The van der Waals surface area contributed by atoms with Gasteiger partial charge in [-0.25, -0.2) is 9.78 Å². The van der Waals surface area contributed by atoms with Crippen molar-refractivity contribution in [1.82, 2.24) is 4.98 Å². The summed E-state index contributed by atoms with van der Waals surface area (Å²) in [4.78, 5) is 15.8. The predicted octanol–water partition coefficient (Wildman–Crippen LogP) is 7.00. The quantitative estimate of drug-likeness (QED) is 0.239. The van der Waals surface area contributed by atoms with E-state index in [1.165, 1.54) is 0 Å². The number of para-hydroxylation sites is 2. The Kier molecular flexibility index (Phi) is 5.10. The maximum absolute atomic E-state index is 11.0. The molecule has 0 unspecified atom stereocenters. The number of rotatable bonds is 5. The van der Waals surface area contributed by atoms with E-state index >= 15 is 0 Å². The largest absolute Gasteiger partial charge is 0.478 e. The maximum atomic E-state index is 11.0. The van der Waals surface area contributed by atoms with Crippen molar-refractivity contribution >= 4 is 51.3 Å². The molecule has 0 saturated heterocycles. The molecule has 4 aromatic carbocycles. The van der Waals surface area contributed by atoms with Crippen LogP contribution >= 0.6 is 0 Å². The van der Waals surface area contributed by atoms with Gasteiger partial charge in [0, 0.05) is 16.5 Å². The first-order chi connectivity index (χ1) is 15.7. The van der Waals surface area contributed by atoms with Crippen LogP contribution in [0, 0.1) is 0 Å². The molecule has 0 aliphatic heterocycles. The Bertz CT molecular complexity index is 1400. The zero-order valence-electron chi connectivity index (χ0n) is 17.2. The normalized spacial score (nSPS) is 11.2. The molecule has 4 heteroatoms. The van der Waals surface area contributed by atoms with Crippen LogP contribution in [-0.4, -0.2) is 16.1 Å². The second kappa shape index (κ2) is 8.36. The van der Waals surface area contributed by atoms with Crippen LogP contribution in [0.2, 0.25) is 0 Å². The summed E-state index contributed by atoms with van der Waals surface area (Å²) in [7, 11) is 0. The summed E-state index contributed by atoms with van der Waals surface area (Å²) >= 11 is 0. The fraction of sp³-hybridized carbons (Fsp3) is 0. The predicted molar refractivity (Wildman–Crippen MR) is 131 cm³/mol. The second-order valence-electron chi connectivity index (χ2n) is 7.53. The van der Waals surface area contributed by atoms with Crippen molar-refractivity contribution in [3.63, 3.8) is 0 Å². The zero-order valence-corrected chi connectivity index (χ0v) is 17.2. The second-order valence-corrected chi connectivity index (χ2v) is 7.53. The van der Waals surface area contributed by atoms with E-state index in [9.17, 15) is 4.79 Å². The Morgan fingerprint density at radius 2 is 1.19 bits per heavy atom. The molecule has 0 fully saturated rings. The van der Waals surface area contributed by atoms with Gasteiger partial charge in [0.2, 0.25) is 0 Å². The SMILES string of the molecule is O=C(O)c1ccc(/C=C/c2ccc(Nc3c4ccccc4nc4ccccc34)cc2)cc1. The van der Waals surface area contributed by atoms with E-state index in [-0.39, 0.29) is 5.56 Å². The molecule has 1 heterocycles. The first kappa shape index (κ1) is 19.5. The Hall–Kier alpha value is -4.44. The van der Waals surface area contributed by atoms with Crippen molar-refractivity contribution in [2.75, 3.05) is 5.32 Å². The van der Waals surface area contributed by atoms with Crippen molar-refractivity contribution in [2.24, 2.45) is 0 Å². The van der Waals surface area contributed by atoms with E-state index in [0.29, 0.717) is 0 Å². The highest BCUT2D eigenvalue weighted by Crippen LogP contribution is 2.33. The van der Waals surface area contributed by atoms with Gasteiger partial charge in [-0.15, -0.1) is 0 Å². The number of pyridine rings is 1. The van der Waals surface area contributed by atoms with Crippen LogP contribution in [0.1, 0.15) is 21.5 Å². The Labute approximate surface area is 185 Å². The van der Waals surface area contributed by atoms with Gasteiger partial charge in [0.05, 0.1) is 22.3 Å². The standard InChI is InChI=1S/C28H20N2O2/c31-28(32)21-15-11-19(12-16-21)9-10-20-13-17-22(18-14-20)29-27-23-5-1-3-7-25(23)30-26-8-4-2-6-24(26)27/h1-18H,(H,29,30)(H,31,32)/b10-9+. The monoisotopic (exact) mass is 416 g/mol. The van der Waals surface area contributed by atoms with Crippen molar-refractivity contribution in [1.29, 1.82) is 0 Å². The molecular formula is C28H20N2O2. The molecule has 0 bridgehead atoms. The lowest BCUT2D eigenvalue weighted by molar-refractivity contribution is 0.0697. The van der Waals surface area contributed by atoms with E-state index < -0.39 is 5.97 Å². The van der Waals surface area contributed by atoms with Crippen molar-refractivity contribution < 1.29 is 9.90 Å². The van der Waals surface area contributed by atoms with Gasteiger partial charge in [0.25, 0.3) is 0 Å². The molecule has 1 aromatic heterocycles. The molecule has 5 rings (SSSR count). The first-order valence-electron chi connectivity index (χ1n) is 10.3. The molecule has 0 radical (unpaired) electrons. The van der Waals surface area contributed by atoms with Gasteiger partial charge in [0.15, 0.2) is 0 Å². The lowest BCUT2D eigenvalue weighted by Crippen LogP contribution is -1.95. The minimum Gasteiger partial charge on any atom is -0.478 e. The van der Waals surface area contributed by atoms with Crippen LogP contribution in [0.15, 0.2) is 97.1 Å². The molecule has 32 heavy (non-hydrogen) atoms. The van der Waals surface area contributed by atoms with E-state index in [1.54, 1.807) is 24.3 Å². The molecule has 0 amide bonds. The summed E-state index contributed by atoms with van der Waals surface area (Å²) < 4.78 is 0. The van der Waals surface area contributed by atoms with E-state index in [0.717, 1.165) is 44.3 Å². The highest BCUT2D eigenvalue weighted by molar-refractivity contribution is 6.08. The Morgan fingerprint density at radius 1 is 0.688 bits per heavy atom. The van der Waals surface area contributed by atoms with E-state index in [1.807, 2.05) is 48.6 Å². The highest BCUT2D eigenvalue weighted by atomic mass is 16.4. The summed E-state index contributed by atoms with van der Waals surface area (Å²) in [6, 6.07) is 31.3. The number of fused-ring (bicyclic) bond motifs is 2. The summed E-state index contributed by atoms with van der Waals surface area (Å²) in [5.74, 6) is -0.918. The highest BCUT2D eigenvalue weighted by Gasteiger charge is 2.09. The summed E-state index contributed by atoms with van der Waals surface area (Å²) in [6.07, 6.45) is 3.98. The van der Waals surface area contributed by atoms with Gasteiger partial charge in [-0.2, -0.15) is 0 Å². The minimum absolute atomic E-state index is 0.286. The molecular weight excluding hydrogens is 396 g/mol. The van der Waals surface area contributed by atoms with Gasteiger partial charge >= 0.3 is 5.97 Å². The number of carbonyl (C=O) groups is 1. The molecule has 0 saturated carbocycles. The minimum atomic E-state index is -0.918. The van der Waals surface area contributed by atoms with E-state index in [4.69, 9.17) is 10.1 Å². The van der Waals surface area contributed by atoms with Gasteiger partial charge < -0.3 is 10.4 Å². The van der Waals surface area contributed by atoms with Crippen LogP contribution in [0.3, 0.4) is 0 Å². The van der Waals surface area contributed by atoms with Gasteiger partial charge in [0.1, 0.15) is 0 Å². The number of nitrogens with zero attached hydrogens (tertiary/aromatic N) is 1. The van der Waals surface area contributed by atoms with Crippen LogP contribution < -0.4 is 5.32 Å². The third-order valence-electron chi connectivity index (χ3n) is 5.39. The fourth-order valence-corrected chi connectivity index (χ4v) is 3.73. The smallest absolute Gasteiger partial charge is 0.335 e. The number of benzene rings is 4. The molecule has 0 aliphatic rings. The maximum Gasteiger partial charge on any atom is 0.335 e. The van der Waals surface area contributed by atoms with Crippen molar-refractivity contribution in [3.8, 4) is 0 Å². The van der Waals surface area contributed by atoms with Gasteiger partial charge in [-0.1, -0.05) is 72.8 Å². The van der Waals surface area contributed by atoms with Gasteiger partial charge in [-0.3, -0.25) is 0 Å². The van der Waals surface area contributed by atoms with Crippen LogP contribution in [0.5, 0.6) is 0 Å². The van der Waals surface area contributed by atoms with Crippen LogP contribution in [0.25, 0.3) is 34.0 Å². The fourth-order valence-electron chi connectivity index (χ4n) is 3.73. The number of carboxylic acids is 1. The van der Waals surface area contributed by atoms with E-state index in [2.05, 4.69) is 41.7 Å². The number of anilines is 2. The van der Waals surface area contributed by atoms with Gasteiger partial charge in [-0.05, 0) is 47.5 Å². The molecule has 0 aliphatic carbocycles. The van der Waals surface area contributed by atoms with Crippen LogP contribution in [-0.2, 0) is 0 Å². The lowest BCUT2D eigenvalue weighted by Gasteiger charge is -2.13. The van der Waals surface area contributed by atoms with Crippen molar-refractivity contribution in [3.05, 3.63) is 114 Å². The third kappa shape index (κ3) is 3.94. The van der Waals surface area contributed by atoms with Crippen LogP contribution in [0.4, 0.5) is 11.4 Å². The molecule has 0 spiro atoms. The number of hydrogen-bond donors (Lipinski definition) is 2. The summed E-state index contributed by atoms with van der Waals surface area (Å²) in [6.45, 7) is 0. The number of aromatic nitrogens is 1. The molecule has 5 aromatic rings. The molecule has 2 N–H and O–H groups in total. The third-order valence-corrected chi connectivity index (χ3v) is 5.39. The molecule has 4 nitrogen and oxygen atoms in total. The van der Waals surface area contributed by atoms with Crippen molar-refractivity contribution in [2.45, 2.75) is 0 Å². The molecule has 0 atom stereocenters.